The third kappa shape index (κ3) is 2.60. The number of carbonyl (C=O) groups is 1. The maximum Gasteiger partial charge on any atom is 0.327 e. The highest BCUT2D eigenvalue weighted by atomic mass is 16.4. The third-order valence-electron chi connectivity index (χ3n) is 4.37. The van der Waals surface area contributed by atoms with Crippen LogP contribution in [0.3, 0.4) is 0 Å². The first-order valence-corrected chi connectivity index (χ1v) is 7.85. The number of hydrogen-bond donors (Lipinski definition) is 1. The SMILES string of the molecule is CCC(C)n1c(=O)[nH]c2cc(-c3cc(C(=O)[O-])ccc3C)cnc21. The summed E-state index contributed by atoms with van der Waals surface area (Å²) in [5.74, 6) is -1.22. The minimum atomic E-state index is -1.22. The summed E-state index contributed by atoms with van der Waals surface area (Å²) in [5, 5.41) is 11.1. The van der Waals surface area contributed by atoms with Crippen molar-refractivity contribution in [3.63, 3.8) is 0 Å². The summed E-state index contributed by atoms with van der Waals surface area (Å²) in [7, 11) is 0. The summed E-state index contributed by atoms with van der Waals surface area (Å²) < 4.78 is 1.64. The number of benzene rings is 1. The zero-order chi connectivity index (χ0) is 17.4. The topological polar surface area (TPSA) is 90.8 Å². The summed E-state index contributed by atoms with van der Waals surface area (Å²) in [6.45, 7) is 5.88. The van der Waals surface area contributed by atoms with E-state index in [0.29, 0.717) is 11.2 Å². The zero-order valence-electron chi connectivity index (χ0n) is 13.8. The van der Waals surface area contributed by atoms with Gasteiger partial charge in [-0.2, -0.15) is 0 Å². The molecule has 3 aromatic rings. The van der Waals surface area contributed by atoms with Crippen molar-refractivity contribution >= 4 is 17.1 Å². The number of nitrogens with one attached hydrogen (secondary N) is 1. The van der Waals surface area contributed by atoms with Gasteiger partial charge in [-0.1, -0.05) is 19.1 Å². The lowest BCUT2D eigenvalue weighted by Gasteiger charge is -2.11. The molecule has 2 heterocycles. The molecule has 0 saturated carbocycles. The molecule has 124 valence electrons. The average Bonchev–Trinajstić information content (AvgIpc) is 2.89. The highest BCUT2D eigenvalue weighted by molar-refractivity contribution is 5.89. The number of rotatable bonds is 4. The number of aromatic carboxylic acids is 1. The summed E-state index contributed by atoms with van der Waals surface area (Å²) in [6, 6.07) is 6.69. The maximum absolute atomic E-state index is 12.2. The van der Waals surface area contributed by atoms with Crippen LogP contribution in [0.5, 0.6) is 0 Å². The molecule has 0 spiro atoms. The Bertz CT molecular complexity index is 985. The van der Waals surface area contributed by atoms with Crippen LogP contribution < -0.4 is 10.8 Å². The van der Waals surface area contributed by atoms with Crippen molar-refractivity contribution in [3.05, 3.63) is 52.1 Å². The van der Waals surface area contributed by atoms with Crippen LogP contribution in [0.15, 0.2) is 35.3 Å². The van der Waals surface area contributed by atoms with Crippen LogP contribution >= 0.6 is 0 Å². The lowest BCUT2D eigenvalue weighted by molar-refractivity contribution is -0.255. The smallest absolute Gasteiger partial charge is 0.327 e. The van der Waals surface area contributed by atoms with Gasteiger partial charge in [-0.15, -0.1) is 0 Å². The van der Waals surface area contributed by atoms with Crippen molar-refractivity contribution in [2.24, 2.45) is 0 Å². The Morgan fingerprint density at radius 1 is 1.38 bits per heavy atom. The summed E-state index contributed by atoms with van der Waals surface area (Å²) in [4.78, 5) is 30.5. The van der Waals surface area contributed by atoms with Crippen LogP contribution in [0.25, 0.3) is 22.3 Å². The van der Waals surface area contributed by atoms with Crippen LogP contribution in [0, 0.1) is 6.92 Å². The molecule has 1 N–H and O–H groups in total. The first-order valence-electron chi connectivity index (χ1n) is 7.85. The number of fused-ring (bicyclic) bond motifs is 1. The molecular weight excluding hydrogens is 306 g/mol. The molecule has 0 radical (unpaired) electrons. The first-order chi connectivity index (χ1) is 11.4. The highest BCUT2D eigenvalue weighted by Crippen LogP contribution is 2.26. The fraction of sp³-hybridized carbons (Fsp3) is 0.278. The quantitative estimate of drug-likeness (QED) is 0.795. The molecule has 6 nitrogen and oxygen atoms in total. The second kappa shape index (κ2) is 5.96. The van der Waals surface area contributed by atoms with Gasteiger partial charge in [0.05, 0.1) is 11.5 Å². The second-order valence-corrected chi connectivity index (χ2v) is 5.97. The van der Waals surface area contributed by atoms with E-state index in [1.54, 1.807) is 22.9 Å². The number of aromatic nitrogens is 3. The van der Waals surface area contributed by atoms with Crippen LogP contribution in [0.1, 0.15) is 42.2 Å². The number of hydrogen-bond acceptors (Lipinski definition) is 4. The molecule has 24 heavy (non-hydrogen) atoms. The Hall–Kier alpha value is -2.89. The van der Waals surface area contributed by atoms with E-state index >= 15 is 0 Å². The second-order valence-electron chi connectivity index (χ2n) is 5.97. The number of carboxylic acid groups (broad SMARTS) is 1. The largest absolute Gasteiger partial charge is 0.545 e. The van der Waals surface area contributed by atoms with Gasteiger partial charge in [0.2, 0.25) is 0 Å². The lowest BCUT2D eigenvalue weighted by atomic mass is 9.99. The Labute approximate surface area is 138 Å². The summed E-state index contributed by atoms with van der Waals surface area (Å²) in [6.07, 6.45) is 2.49. The van der Waals surface area contributed by atoms with Crippen molar-refractivity contribution < 1.29 is 9.90 Å². The van der Waals surface area contributed by atoms with E-state index in [9.17, 15) is 14.7 Å². The first kappa shape index (κ1) is 16.0. The third-order valence-corrected chi connectivity index (χ3v) is 4.37. The predicted octanol–water partition coefficient (Wildman–Crippen LogP) is 2.03. The molecule has 0 aliphatic rings. The van der Waals surface area contributed by atoms with E-state index in [0.717, 1.165) is 23.1 Å². The number of carboxylic acids is 1. The molecule has 1 unspecified atom stereocenters. The van der Waals surface area contributed by atoms with Gasteiger partial charge in [0.25, 0.3) is 0 Å². The number of aryl methyl sites for hydroxylation is 1. The molecule has 6 heteroatoms. The number of H-pyrrole nitrogens is 1. The number of nitrogens with zero attached hydrogens (tertiary/aromatic N) is 2. The van der Waals surface area contributed by atoms with Crippen molar-refractivity contribution in [1.82, 2.24) is 14.5 Å². The predicted molar refractivity (Wildman–Crippen MR) is 89.9 cm³/mol. The minimum Gasteiger partial charge on any atom is -0.545 e. The van der Waals surface area contributed by atoms with Crippen LogP contribution in [0.2, 0.25) is 0 Å². The molecule has 0 fully saturated rings. The molecule has 1 aromatic carbocycles. The van der Waals surface area contributed by atoms with Crippen LogP contribution in [-0.4, -0.2) is 20.5 Å². The van der Waals surface area contributed by atoms with Gasteiger partial charge in [0.15, 0.2) is 5.65 Å². The van der Waals surface area contributed by atoms with E-state index in [1.807, 2.05) is 26.8 Å². The van der Waals surface area contributed by atoms with E-state index in [-0.39, 0.29) is 17.3 Å². The average molecular weight is 324 g/mol. The van der Waals surface area contributed by atoms with Crippen molar-refractivity contribution in [2.75, 3.05) is 0 Å². The Morgan fingerprint density at radius 2 is 2.12 bits per heavy atom. The Morgan fingerprint density at radius 3 is 2.79 bits per heavy atom. The van der Waals surface area contributed by atoms with E-state index < -0.39 is 5.97 Å². The molecule has 0 bridgehead atoms. The maximum atomic E-state index is 12.2. The van der Waals surface area contributed by atoms with Gasteiger partial charge in [-0.05, 0) is 49.1 Å². The highest BCUT2D eigenvalue weighted by Gasteiger charge is 2.14. The number of pyridine rings is 1. The molecular formula is C18H18N3O3-. The molecule has 2 aromatic heterocycles. The lowest BCUT2D eigenvalue weighted by Crippen LogP contribution is -2.22. The monoisotopic (exact) mass is 324 g/mol. The van der Waals surface area contributed by atoms with Gasteiger partial charge in [0, 0.05) is 17.8 Å². The van der Waals surface area contributed by atoms with Crippen molar-refractivity contribution in [3.8, 4) is 11.1 Å². The normalized spacial score (nSPS) is 12.5. The van der Waals surface area contributed by atoms with Gasteiger partial charge in [-0.3, -0.25) is 4.57 Å². The molecule has 3 rings (SSSR count). The van der Waals surface area contributed by atoms with Gasteiger partial charge >= 0.3 is 5.69 Å². The molecule has 0 saturated heterocycles. The van der Waals surface area contributed by atoms with E-state index in [2.05, 4.69) is 9.97 Å². The number of imidazole rings is 1. The van der Waals surface area contributed by atoms with Crippen LogP contribution in [-0.2, 0) is 0 Å². The van der Waals surface area contributed by atoms with Gasteiger partial charge in [-0.25, -0.2) is 9.78 Å². The van der Waals surface area contributed by atoms with Gasteiger partial charge < -0.3 is 14.9 Å². The zero-order valence-corrected chi connectivity index (χ0v) is 13.8. The molecule has 0 aliphatic carbocycles. The Kier molecular flexibility index (Phi) is 3.97. The van der Waals surface area contributed by atoms with E-state index in [1.165, 1.54) is 6.07 Å². The molecule has 1 atom stereocenters. The number of carbonyl (C=O) groups excluding carboxylic acids is 1. The fourth-order valence-corrected chi connectivity index (χ4v) is 2.81. The number of aromatic amines is 1. The standard InChI is InChI=1S/C18H19N3O3/c1-4-11(3)21-16-15(20-18(21)24)8-13(9-19-16)14-7-12(17(22)23)6-5-10(14)2/h5-9,11H,4H2,1-3H3,(H,20,24)(H,22,23)/p-1. The summed E-state index contributed by atoms with van der Waals surface area (Å²) >= 11 is 0. The minimum absolute atomic E-state index is 0.0488. The van der Waals surface area contributed by atoms with Crippen molar-refractivity contribution in [1.29, 1.82) is 0 Å². The summed E-state index contributed by atoms with van der Waals surface area (Å²) in [5.41, 5.74) is 3.59. The fourth-order valence-electron chi connectivity index (χ4n) is 2.81. The molecule has 0 aliphatic heterocycles. The Balaban J connectivity index is 2.18. The molecule has 0 amide bonds. The van der Waals surface area contributed by atoms with Crippen LogP contribution in [0.4, 0.5) is 0 Å². The van der Waals surface area contributed by atoms with Gasteiger partial charge in [0.1, 0.15) is 0 Å². The van der Waals surface area contributed by atoms with E-state index in [4.69, 9.17) is 0 Å². The van der Waals surface area contributed by atoms with Crippen molar-refractivity contribution in [2.45, 2.75) is 33.2 Å².